The zero-order valence-corrected chi connectivity index (χ0v) is 10.1. The van der Waals surface area contributed by atoms with Gasteiger partial charge in [-0.1, -0.05) is 50.1 Å². The molecule has 16 heavy (non-hydrogen) atoms. The Morgan fingerprint density at radius 3 is 1.88 bits per heavy atom. The summed E-state index contributed by atoms with van der Waals surface area (Å²) >= 11 is 0. The van der Waals surface area contributed by atoms with Crippen LogP contribution in [0.25, 0.3) is 10.4 Å². The minimum atomic E-state index is 0.641. The fraction of sp³-hybridized carbons (Fsp3) is 0.917. The normalized spacial score (nSPS) is 9.75. The lowest BCUT2D eigenvalue weighted by Gasteiger charge is -2.00. The number of hydrogen-bond donors (Lipinski definition) is 0. The second-order valence-electron chi connectivity index (χ2n) is 4.09. The summed E-state index contributed by atoms with van der Waals surface area (Å²) in [6.45, 7) is 0.641. The molecule has 0 aliphatic carbocycles. The minimum absolute atomic E-state index is 0.641. The van der Waals surface area contributed by atoms with Gasteiger partial charge in [-0.3, -0.25) is 0 Å². The maximum atomic E-state index is 10.1. The molecule has 0 N–H and O–H groups in total. The lowest BCUT2D eigenvalue weighted by Crippen LogP contribution is -1.83. The third-order valence-corrected chi connectivity index (χ3v) is 2.64. The van der Waals surface area contributed by atoms with Crippen LogP contribution in [-0.2, 0) is 4.79 Å². The summed E-state index contributed by atoms with van der Waals surface area (Å²) in [5.41, 5.74) is 8.06. The first kappa shape index (κ1) is 15.0. The van der Waals surface area contributed by atoms with Gasteiger partial charge in [0.05, 0.1) is 0 Å². The molecule has 0 bridgehead atoms. The molecule has 0 aromatic rings. The highest BCUT2D eigenvalue weighted by Crippen LogP contribution is 2.10. The van der Waals surface area contributed by atoms with Crippen molar-refractivity contribution in [1.82, 2.24) is 0 Å². The Balaban J connectivity index is 2.93. The van der Waals surface area contributed by atoms with E-state index >= 15 is 0 Å². The molecule has 0 radical (unpaired) electrons. The summed E-state index contributed by atoms with van der Waals surface area (Å²) in [5.74, 6) is 0. The maximum absolute atomic E-state index is 10.1. The number of hydrogen-bond acceptors (Lipinski definition) is 2. The second kappa shape index (κ2) is 14.0. The van der Waals surface area contributed by atoms with E-state index in [0.29, 0.717) is 6.54 Å². The largest absolute Gasteiger partial charge is 0.303 e. The van der Waals surface area contributed by atoms with E-state index in [9.17, 15) is 4.79 Å². The lowest BCUT2D eigenvalue weighted by atomic mass is 10.1. The summed E-state index contributed by atoms with van der Waals surface area (Å²) < 4.78 is 0. The van der Waals surface area contributed by atoms with E-state index in [-0.39, 0.29) is 0 Å². The molecule has 0 saturated heterocycles. The van der Waals surface area contributed by atoms with E-state index < -0.39 is 0 Å². The predicted octanol–water partition coefficient (Wildman–Crippen LogP) is 4.40. The van der Waals surface area contributed by atoms with E-state index in [1.165, 1.54) is 44.9 Å². The molecule has 0 rings (SSSR count). The minimum Gasteiger partial charge on any atom is -0.303 e. The van der Waals surface area contributed by atoms with Crippen LogP contribution in [0.15, 0.2) is 5.11 Å². The molecule has 0 unspecified atom stereocenters. The maximum Gasteiger partial charge on any atom is 0.119 e. The molecular weight excluding hydrogens is 202 g/mol. The van der Waals surface area contributed by atoms with Crippen LogP contribution in [0.4, 0.5) is 0 Å². The van der Waals surface area contributed by atoms with E-state index in [1.807, 2.05) is 0 Å². The Morgan fingerprint density at radius 1 is 0.875 bits per heavy atom. The van der Waals surface area contributed by atoms with Gasteiger partial charge in [-0.2, -0.15) is 0 Å². The summed E-state index contributed by atoms with van der Waals surface area (Å²) in [6.07, 6.45) is 12.5. The van der Waals surface area contributed by atoms with Gasteiger partial charge in [0.25, 0.3) is 0 Å². The van der Waals surface area contributed by atoms with Gasteiger partial charge in [0.15, 0.2) is 0 Å². The fourth-order valence-electron chi connectivity index (χ4n) is 1.69. The van der Waals surface area contributed by atoms with E-state index in [2.05, 4.69) is 10.0 Å². The van der Waals surface area contributed by atoms with Gasteiger partial charge in [-0.15, -0.1) is 0 Å². The molecule has 4 heteroatoms. The molecule has 0 spiro atoms. The Morgan fingerprint density at radius 2 is 1.38 bits per heavy atom. The van der Waals surface area contributed by atoms with Crippen LogP contribution in [0.1, 0.15) is 64.2 Å². The zero-order chi connectivity index (χ0) is 11.9. The number of rotatable bonds is 12. The van der Waals surface area contributed by atoms with Crippen molar-refractivity contribution in [3.05, 3.63) is 10.4 Å². The molecule has 0 heterocycles. The van der Waals surface area contributed by atoms with Crippen LogP contribution in [-0.4, -0.2) is 12.8 Å². The summed E-state index contributed by atoms with van der Waals surface area (Å²) in [4.78, 5) is 12.8. The van der Waals surface area contributed by atoms with Crippen molar-refractivity contribution < 1.29 is 4.79 Å². The van der Waals surface area contributed by atoms with Gasteiger partial charge in [0.1, 0.15) is 6.29 Å². The van der Waals surface area contributed by atoms with Gasteiger partial charge in [0, 0.05) is 17.9 Å². The van der Waals surface area contributed by atoms with Crippen molar-refractivity contribution >= 4 is 6.29 Å². The molecule has 0 aliphatic rings. The van der Waals surface area contributed by atoms with Gasteiger partial charge in [-0.05, 0) is 18.4 Å². The number of nitrogens with zero attached hydrogens (tertiary/aromatic N) is 3. The van der Waals surface area contributed by atoms with Crippen molar-refractivity contribution in [1.29, 1.82) is 0 Å². The molecule has 0 aromatic carbocycles. The highest BCUT2D eigenvalue weighted by atomic mass is 16.1. The first-order valence-electron chi connectivity index (χ1n) is 6.36. The Labute approximate surface area is 98.0 Å². The van der Waals surface area contributed by atoms with E-state index in [0.717, 1.165) is 25.5 Å². The number of azide groups is 1. The SMILES string of the molecule is [N-]=[N+]=NCCCCCCCCCCCC=O. The van der Waals surface area contributed by atoms with Gasteiger partial charge in [-0.25, -0.2) is 0 Å². The lowest BCUT2D eigenvalue weighted by molar-refractivity contribution is -0.107. The first-order valence-corrected chi connectivity index (χ1v) is 6.36. The quantitative estimate of drug-likeness (QED) is 0.160. The Bertz CT molecular complexity index is 200. The average molecular weight is 225 g/mol. The van der Waals surface area contributed by atoms with Crippen LogP contribution in [0.2, 0.25) is 0 Å². The molecule has 0 aromatic heterocycles. The standard InChI is InChI=1S/C12H23N3O/c13-15-14-11-9-7-5-3-1-2-4-6-8-10-12-16/h12H,1-11H2. The highest BCUT2D eigenvalue weighted by Gasteiger charge is 1.92. The summed E-state index contributed by atoms with van der Waals surface area (Å²) in [5, 5.41) is 3.50. The summed E-state index contributed by atoms with van der Waals surface area (Å²) in [6, 6.07) is 0. The van der Waals surface area contributed by atoms with Crippen molar-refractivity contribution in [3.63, 3.8) is 0 Å². The zero-order valence-electron chi connectivity index (χ0n) is 10.1. The van der Waals surface area contributed by atoms with Crippen molar-refractivity contribution in [3.8, 4) is 0 Å². The predicted molar refractivity (Wildman–Crippen MR) is 66.2 cm³/mol. The monoisotopic (exact) mass is 225 g/mol. The van der Waals surface area contributed by atoms with Crippen LogP contribution < -0.4 is 0 Å². The topological polar surface area (TPSA) is 65.8 Å². The molecule has 0 amide bonds. The smallest absolute Gasteiger partial charge is 0.119 e. The molecule has 0 saturated carbocycles. The van der Waals surface area contributed by atoms with Gasteiger partial charge >= 0.3 is 0 Å². The molecule has 0 fully saturated rings. The number of carbonyl (C=O) groups excluding carboxylic acids is 1. The van der Waals surface area contributed by atoms with Crippen LogP contribution in [0, 0.1) is 0 Å². The van der Waals surface area contributed by atoms with Gasteiger partial charge in [0.2, 0.25) is 0 Å². The average Bonchev–Trinajstić information content (AvgIpc) is 2.31. The third-order valence-electron chi connectivity index (χ3n) is 2.64. The van der Waals surface area contributed by atoms with Crippen LogP contribution in [0.5, 0.6) is 0 Å². The third kappa shape index (κ3) is 13.0. The molecule has 4 nitrogen and oxygen atoms in total. The highest BCUT2D eigenvalue weighted by molar-refractivity contribution is 5.48. The van der Waals surface area contributed by atoms with Crippen molar-refractivity contribution in [2.24, 2.45) is 5.11 Å². The second-order valence-corrected chi connectivity index (χ2v) is 4.09. The molecular formula is C12H23N3O. The fourth-order valence-corrected chi connectivity index (χ4v) is 1.69. The Hall–Kier alpha value is -1.02. The van der Waals surface area contributed by atoms with Crippen molar-refractivity contribution in [2.75, 3.05) is 6.54 Å². The van der Waals surface area contributed by atoms with Gasteiger partial charge < -0.3 is 4.79 Å². The number of unbranched alkanes of at least 4 members (excludes halogenated alkanes) is 9. The van der Waals surface area contributed by atoms with Crippen LogP contribution in [0.3, 0.4) is 0 Å². The Kier molecular flexibility index (Phi) is 13.1. The number of aldehydes is 1. The van der Waals surface area contributed by atoms with Crippen LogP contribution >= 0.6 is 0 Å². The van der Waals surface area contributed by atoms with E-state index in [4.69, 9.17) is 5.53 Å². The van der Waals surface area contributed by atoms with Crippen molar-refractivity contribution in [2.45, 2.75) is 64.2 Å². The molecule has 92 valence electrons. The molecule has 0 aliphatic heterocycles. The summed E-state index contributed by atoms with van der Waals surface area (Å²) in [7, 11) is 0. The molecule has 0 atom stereocenters. The first-order chi connectivity index (χ1) is 7.91. The number of carbonyl (C=O) groups is 1. The van der Waals surface area contributed by atoms with E-state index in [1.54, 1.807) is 0 Å².